The molecule has 0 aliphatic rings. The van der Waals surface area contributed by atoms with Crippen molar-refractivity contribution in [2.45, 2.75) is 26.2 Å². The molecule has 0 amide bonds. The van der Waals surface area contributed by atoms with Crippen molar-refractivity contribution >= 4 is 44.1 Å². The van der Waals surface area contributed by atoms with Crippen LogP contribution in [0.4, 0.5) is 0 Å². The maximum Gasteiger partial charge on any atom is 0.141 e. The van der Waals surface area contributed by atoms with E-state index in [4.69, 9.17) is 22.3 Å². The molecule has 128 valence electrons. The molecule has 0 saturated carbocycles. The highest BCUT2D eigenvalue weighted by atomic mass is 35.5. The van der Waals surface area contributed by atoms with E-state index in [1.807, 2.05) is 12.1 Å². The number of para-hydroxylation sites is 1. The van der Waals surface area contributed by atoms with Crippen LogP contribution < -0.4 is 5.73 Å². The molecule has 0 radical (unpaired) electrons. The van der Waals surface area contributed by atoms with E-state index in [0.717, 1.165) is 51.4 Å². The van der Waals surface area contributed by atoms with Gasteiger partial charge in [0.25, 0.3) is 0 Å². The summed E-state index contributed by atoms with van der Waals surface area (Å²) in [6, 6.07) is 12.3. The zero-order valence-electron chi connectivity index (χ0n) is 14.1. The first-order chi connectivity index (χ1) is 12.2. The van der Waals surface area contributed by atoms with Crippen LogP contribution in [0.2, 0.25) is 5.02 Å². The normalized spacial score (nSPS) is 11.6. The van der Waals surface area contributed by atoms with E-state index in [2.05, 4.69) is 36.2 Å². The number of hydrogen-bond donors (Lipinski definition) is 2. The van der Waals surface area contributed by atoms with Gasteiger partial charge < -0.3 is 10.7 Å². The van der Waals surface area contributed by atoms with Crippen molar-refractivity contribution in [3.8, 4) is 10.7 Å². The third kappa shape index (κ3) is 2.95. The molecule has 5 heteroatoms. The minimum absolute atomic E-state index is 0.714. The van der Waals surface area contributed by atoms with Gasteiger partial charge in [-0.15, -0.1) is 11.3 Å². The average molecular weight is 370 g/mol. The van der Waals surface area contributed by atoms with E-state index >= 15 is 0 Å². The molecule has 0 spiro atoms. The number of unbranched alkanes of at least 4 members (excludes halogenated alkanes) is 1. The Morgan fingerprint density at radius 3 is 2.80 bits per heavy atom. The zero-order chi connectivity index (χ0) is 17.4. The highest BCUT2D eigenvalue weighted by molar-refractivity contribution is 7.21. The molecule has 25 heavy (non-hydrogen) atoms. The summed E-state index contributed by atoms with van der Waals surface area (Å²) >= 11 is 8.29. The minimum atomic E-state index is 0.714. The lowest BCUT2D eigenvalue weighted by molar-refractivity contribution is 0.748. The smallest absolute Gasteiger partial charge is 0.141 e. The van der Waals surface area contributed by atoms with E-state index in [0.29, 0.717) is 6.54 Å². The number of thiazole rings is 1. The first kappa shape index (κ1) is 16.6. The third-order valence-electron chi connectivity index (χ3n) is 4.61. The molecule has 3 N–H and O–H groups in total. The van der Waals surface area contributed by atoms with Crippen LogP contribution in [-0.4, -0.2) is 16.5 Å². The number of nitrogens with one attached hydrogen (secondary N) is 1. The van der Waals surface area contributed by atoms with E-state index < -0.39 is 0 Å². The minimum Gasteiger partial charge on any atom is -0.352 e. The Morgan fingerprint density at radius 2 is 2.00 bits per heavy atom. The van der Waals surface area contributed by atoms with Crippen molar-refractivity contribution in [1.82, 2.24) is 9.97 Å². The maximum atomic E-state index is 6.56. The fourth-order valence-electron chi connectivity index (χ4n) is 3.32. The summed E-state index contributed by atoms with van der Waals surface area (Å²) in [6.45, 7) is 2.83. The molecule has 0 aliphatic heterocycles. The number of aryl methyl sites for hydroxylation is 2. The van der Waals surface area contributed by atoms with Crippen molar-refractivity contribution in [2.24, 2.45) is 5.73 Å². The van der Waals surface area contributed by atoms with Gasteiger partial charge in [-0.2, -0.15) is 0 Å². The fraction of sp³-hybridized carbons (Fsp3) is 0.250. The van der Waals surface area contributed by atoms with E-state index in [1.54, 1.807) is 11.3 Å². The van der Waals surface area contributed by atoms with Gasteiger partial charge in [0.1, 0.15) is 5.01 Å². The van der Waals surface area contributed by atoms with Crippen molar-refractivity contribution < 1.29 is 0 Å². The number of H-pyrrole nitrogens is 1. The molecule has 2 aromatic heterocycles. The van der Waals surface area contributed by atoms with E-state index in [1.165, 1.54) is 15.8 Å². The number of halogens is 1. The highest BCUT2D eigenvalue weighted by Crippen LogP contribution is 2.39. The summed E-state index contributed by atoms with van der Waals surface area (Å²) in [5, 5.41) is 2.95. The lowest BCUT2D eigenvalue weighted by Gasteiger charge is -2.04. The highest BCUT2D eigenvalue weighted by Gasteiger charge is 2.19. The molecule has 2 aromatic carbocycles. The first-order valence-electron chi connectivity index (χ1n) is 8.54. The number of nitrogens with zero attached hydrogens (tertiary/aromatic N) is 1. The molecule has 4 aromatic rings. The molecular formula is C20H20ClN3S. The fourth-order valence-corrected chi connectivity index (χ4v) is 4.59. The number of rotatable bonds is 5. The second kappa shape index (κ2) is 6.79. The number of nitrogens with two attached hydrogens (primary N) is 1. The van der Waals surface area contributed by atoms with Crippen LogP contribution in [-0.2, 0) is 6.42 Å². The van der Waals surface area contributed by atoms with Crippen molar-refractivity contribution in [3.63, 3.8) is 0 Å². The second-order valence-corrected chi connectivity index (χ2v) is 7.76. The van der Waals surface area contributed by atoms with Crippen molar-refractivity contribution in [3.05, 3.63) is 52.5 Å². The molecule has 0 unspecified atom stereocenters. The van der Waals surface area contributed by atoms with Crippen LogP contribution in [0.5, 0.6) is 0 Å². The number of fused-ring (bicyclic) bond motifs is 2. The molecular weight excluding hydrogens is 350 g/mol. The number of benzene rings is 2. The summed E-state index contributed by atoms with van der Waals surface area (Å²) in [5.41, 5.74) is 11.4. The van der Waals surface area contributed by atoms with Crippen molar-refractivity contribution in [1.29, 1.82) is 0 Å². The van der Waals surface area contributed by atoms with Gasteiger partial charge >= 0.3 is 0 Å². The predicted octanol–water partition coefficient (Wildman–Crippen LogP) is 5.69. The Balaban J connectivity index is 1.93. The molecule has 4 rings (SSSR count). The number of hydrogen-bond acceptors (Lipinski definition) is 3. The Labute approximate surface area is 155 Å². The summed E-state index contributed by atoms with van der Waals surface area (Å²) in [7, 11) is 0. The van der Waals surface area contributed by atoms with Gasteiger partial charge in [-0.25, -0.2) is 4.98 Å². The molecule has 3 nitrogen and oxygen atoms in total. The van der Waals surface area contributed by atoms with Crippen LogP contribution in [0.1, 0.15) is 24.0 Å². The maximum absolute atomic E-state index is 6.56. The largest absolute Gasteiger partial charge is 0.352 e. The number of aromatic amines is 1. The van der Waals surface area contributed by atoms with Gasteiger partial charge in [0.05, 0.1) is 26.4 Å². The average Bonchev–Trinajstić information content (AvgIpc) is 3.20. The Kier molecular flexibility index (Phi) is 4.50. The van der Waals surface area contributed by atoms with E-state index in [9.17, 15) is 0 Å². The van der Waals surface area contributed by atoms with Gasteiger partial charge in [0, 0.05) is 5.39 Å². The summed E-state index contributed by atoms with van der Waals surface area (Å²) in [5.74, 6) is 0. The molecule has 0 saturated heterocycles. The SMILES string of the molecule is Cc1ccc(Cl)c2c(CCCCN)c(-c3nc4ccccc4s3)[nH]c12. The molecule has 0 fully saturated rings. The Hall–Kier alpha value is -1.88. The van der Waals surface area contributed by atoms with Gasteiger partial charge in [0.2, 0.25) is 0 Å². The van der Waals surface area contributed by atoms with Gasteiger partial charge in [0.15, 0.2) is 0 Å². The van der Waals surface area contributed by atoms with Gasteiger partial charge in [-0.3, -0.25) is 0 Å². The van der Waals surface area contributed by atoms with Crippen LogP contribution in [0.15, 0.2) is 36.4 Å². The van der Waals surface area contributed by atoms with Crippen LogP contribution in [0, 0.1) is 6.92 Å². The molecule has 0 aliphatic carbocycles. The standard InChI is InChI=1S/C20H20ClN3S/c1-12-9-10-14(21)17-13(6-4-5-11-22)19(24-18(12)17)20-23-15-7-2-3-8-16(15)25-20/h2-3,7-10,24H,4-6,11,22H2,1H3. The summed E-state index contributed by atoms with van der Waals surface area (Å²) in [4.78, 5) is 8.46. The van der Waals surface area contributed by atoms with Crippen LogP contribution >= 0.6 is 22.9 Å². The monoisotopic (exact) mass is 369 g/mol. The molecule has 0 bridgehead atoms. The zero-order valence-corrected chi connectivity index (χ0v) is 15.7. The van der Waals surface area contributed by atoms with Gasteiger partial charge in [-0.05, 0) is 62.1 Å². The predicted molar refractivity (Wildman–Crippen MR) is 109 cm³/mol. The topological polar surface area (TPSA) is 54.7 Å². The molecule has 2 heterocycles. The first-order valence-corrected chi connectivity index (χ1v) is 9.74. The Bertz CT molecular complexity index is 1010. The third-order valence-corrected chi connectivity index (χ3v) is 5.97. The lowest BCUT2D eigenvalue weighted by Crippen LogP contribution is -1.99. The van der Waals surface area contributed by atoms with Gasteiger partial charge in [-0.1, -0.05) is 29.8 Å². The summed E-state index contributed by atoms with van der Waals surface area (Å²) in [6.07, 6.45) is 3.01. The summed E-state index contributed by atoms with van der Waals surface area (Å²) < 4.78 is 1.20. The van der Waals surface area contributed by atoms with Crippen LogP contribution in [0.3, 0.4) is 0 Å². The number of aromatic nitrogens is 2. The van der Waals surface area contributed by atoms with Crippen molar-refractivity contribution in [2.75, 3.05) is 6.54 Å². The van der Waals surface area contributed by atoms with E-state index in [-0.39, 0.29) is 0 Å². The van der Waals surface area contributed by atoms with Crippen LogP contribution in [0.25, 0.3) is 31.8 Å². The second-order valence-electron chi connectivity index (χ2n) is 6.33. The molecule has 0 atom stereocenters. The Morgan fingerprint density at radius 1 is 1.16 bits per heavy atom. The quantitative estimate of drug-likeness (QED) is 0.444. The lowest BCUT2D eigenvalue weighted by atomic mass is 10.0.